The van der Waals surface area contributed by atoms with E-state index < -0.39 is 11.7 Å². The van der Waals surface area contributed by atoms with E-state index in [4.69, 9.17) is 4.74 Å². The van der Waals surface area contributed by atoms with Crippen LogP contribution in [-0.2, 0) is 22.5 Å². The molecule has 1 N–H and O–H groups in total. The number of nitrogens with zero attached hydrogens (tertiary/aromatic N) is 3. The summed E-state index contributed by atoms with van der Waals surface area (Å²) in [6.07, 6.45) is -0.267. The lowest BCUT2D eigenvalue weighted by molar-refractivity contribution is -0.115. The van der Waals surface area contributed by atoms with Gasteiger partial charge in [0, 0.05) is 23.5 Å². The van der Waals surface area contributed by atoms with Crippen molar-refractivity contribution in [2.24, 2.45) is 0 Å². The number of aryl methyl sites for hydroxylation is 1. The molecule has 0 unspecified atom stereocenters. The lowest BCUT2D eigenvalue weighted by Gasteiger charge is -2.27. The molecule has 0 radical (unpaired) electrons. The molecule has 35 heavy (non-hydrogen) atoms. The quantitative estimate of drug-likeness (QED) is 0.480. The van der Waals surface area contributed by atoms with Crippen molar-refractivity contribution in [1.82, 2.24) is 14.7 Å². The van der Waals surface area contributed by atoms with Crippen LogP contribution in [-0.4, -0.2) is 38.8 Å². The predicted molar refractivity (Wildman–Crippen MR) is 134 cm³/mol. The highest BCUT2D eigenvalue weighted by Gasteiger charge is 2.22. The average molecular weight is 481 g/mol. The van der Waals surface area contributed by atoms with E-state index in [2.05, 4.69) is 10.4 Å². The summed E-state index contributed by atoms with van der Waals surface area (Å²) >= 11 is 0. The molecule has 1 aromatic heterocycles. The molecule has 0 spiro atoms. The molecule has 0 bridgehead atoms. The largest absolute Gasteiger partial charge is 0.444 e. The van der Waals surface area contributed by atoms with Crippen LogP contribution >= 0.6 is 0 Å². The summed E-state index contributed by atoms with van der Waals surface area (Å²) in [6, 6.07) is 13.5. The summed E-state index contributed by atoms with van der Waals surface area (Å²) < 4.78 is 20.5. The lowest BCUT2D eigenvalue weighted by atomic mass is 10.1. The van der Waals surface area contributed by atoms with Gasteiger partial charge in [0.05, 0.1) is 24.3 Å². The van der Waals surface area contributed by atoms with Gasteiger partial charge in [0.2, 0.25) is 5.91 Å². The third-order valence-electron chi connectivity index (χ3n) is 5.54. The Balaban J connectivity index is 1.75. The van der Waals surface area contributed by atoms with Crippen LogP contribution in [0.15, 0.2) is 48.5 Å². The van der Waals surface area contributed by atoms with Crippen molar-refractivity contribution in [3.05, 3.63) is 76.9 Å². The van der Waals surface area contributed by atoms with Crippen molar-refractivity contribution in [3.8, 4) is 5.69 Å². The summed E-state index contributed by atoms with van der Waals surface area (Å²) in [4.78, 5) is 27.2. The van der Waals surface area contributed by atoms with Crippen molar-refractivity contribution >= 4 is 17.7 Å². The number of amides is 2. The van der Waals surface area contributed by atoms with Gasteiger partial charge in [-0.2, -0.15) is 5.10 Å². The number of halogens is 1. The van der Waals surface area contributed by atoms with Gasteiger partial charge in [-0.25, -0.2) is 13.9 Å². The summed E-state index contributed by atoms with van der Waals surface area (Å²) in [7, 11) is 0. The number of carbonyl (C=O) groups is 2. The fraction of sp³-hybridized carbons (Fsp3) is 0.370. The molecule has 0 aliphatic rings. The normalized spacial score (nSPS) is 11.3. The summed E-state index contributed by atoms with van der Waals surface area (Å²) in [5.74, 6) is -0.510. The minimum absolute atomic E-state index is 0.136. The minimum atomic E-state index is -0.591. The van der Waals surface area contributed by atoms with Crippen LogP contribution in [0.5, 0.6) is 0 Å². The molecule has 0 atom stereocenters. The number of benzene rings is 2. The lowest BCUT2D eigenvalue weighted by Crippen LogP contribution is -2.36. The maximum absolute atomic E-state index is 13.3. The zero-order valence-corrected chi connectivity index (χ0v) is 21.2. The van der Waals surface area contributed by atoms with Crippen LogP contribution in [0.2, 0.25) is 0 Å². The summed E-state index contributed by atoms with van der Waals surface area (Å²) in [5, 5.41) is 7.53. The summed E-state index contributed by atoms with van der Waals surface area (Å²) in [5.41, 5.74) is 3.95. The van der Waals surface area contributed by atoms with Crippen molar-refractivity contribution in [2.45, 2.75) is 60.1 Å². The monoisotopic (exact) mass is 480 g/mol. The molecule has 7 nitrogen and oxygen atoms in total. The first-order valence-corrected chi connectivity index (χ1v) is 11.6. The third-order valence-corrected chi connectivity index (χ3v) is 5.54. The highest BCUT2D eigenvalue weighted by molar-refractivity contribution is 5.93. The van der Waals surface area contributed by atoms with Crippen LogP contribution in [0.3, 0.4) is 0 Å². The van der Waals surface area contributed by atoms with Crippen LogP contribution in [0.1, 0.15) is 50.2 Å². The number of hydrogen-bond acceptors (Lipinski definition) is 4. The van der Waals surface area contributed by atoms with Crippen molar-refractivity contribution < 1.29 is 18.7 Å². The van der Waals surface area contributed by atoms with Crippen LogP contribution < -0.4 is 5.32 Å². The smallest absolute Gasteiger partial charge is 0.410 e. The molecule has 0 saturated heterocycles. The minimum Gasteiger partial charge on any atom is -0.444 e. The van der Waals surface area contributed by atoms with Gasteiger partial charge < -0.3 is 15.0 Å². The maximum atomic E-state index is 13.3. The van der Waals surface area contributed by atoms with Gasteiger partial charge in [0.1, 0.15) is 11.4 Å². The Kier molecular flexibility index (Phi) is 7.94. The van der Waals surface area contributed by atoms with Gasteiger partial charge in [-0.1, -0.05) is 18.2 Å². The number of aromatic nitrogens is 2. The first-order valence-electron chi connectivity index (χ1n) is 11.6. The first kappa shape index (κ1) is 25.9. The summed E-state index contributed by atoms with van der Waals surface area (Å²) in [6.45, 7) is 11.9. The van der Waals surface area contributed by atoms with E-state index in [0.29, 0.717) is 18.8 Å². The fourth-order valence-corrected chi connectivity index (χ4v) is 3.74. The van der Waals surface area contributed by atoms with Gasteiger partial charge in [0.15, 0.2) is 0 Å². The van der Waals surface area contributed by atoms with E-state index in [9.17, 15) is 14.0 Å². The zero-order chi connectivity index (χ0) is 25.8. The molecule has 3 aromatic rings. The first-order chi connectivity index (χ1) is 16.5. The number of anilines is 1. The molecule has 0 fully saturated rings. The maximum Gasteiger partial charge on any atom is 0.410 e. The second-order valence-electron chi connectivity index (χ2n) is 9.41. The third kappa shape index (κ3) is 6.68. The number of nitrogens with one attached hydrogen (secondary N) is 1. The van der Waals surface area contributed by atoms with Gasteiger partial charge in [-0.15, -0.1) is 0 Å². The Morgan fingerprint density at radius 1 is 1.09 bits per heavy atom. The molecule has 0 saturated carbocycles. The van der Waals surface area contributed by atoms with E-state index in [1.807, 2.05) is 65.8 Å². The number of hydrogen-bond donors (Lipinski definition) is 1. The number of carbonyl (C=O) groups excluding carboxylic acids is 2. The molecule has 2 amide bonds. The van der Waals surface area contributed by atoms with E-state index >= 15 is 0 Å². The molecule has 3 rings (SSSR count). The Labute approximate surface area is 205 Å². The van der Waals surface area contributed by atoms with E-state index in [-0.39, 0.29) is 18.1 Å². The Morgan fingerprint density at radius 3 is 2.37 bits per heavy atom. The Hall–Kier alpha value is -3.68. The number of rotatable bonds is 7. The Morgan fingerprint density at radius 2 is 1.74 bits per heavy atom. The van der Waals surface area contributed by atoms with Crippen LogP contribution in [0.4, 0.5) is 14.9 Å². The van der Waals surface area contributed by atoms with E-state index in [1.54, 1.807) is 21.7 Å². The molecule has 186 valence electrons. The molecular weight excluding hydrogens is 447 g/mol. The number of ether oxygens (including phenoxy) is 1. The zero-order valence-electron chi connectivity index (χ0n) is 21.2. The average Bonchev–Trinajstić information content (AvgIpc) is 3.06. The molecule has 0 aliphatic carbocycles. The van der Waals surface area contributed by atoms with Gasteiger partial charge >= 0.3 is 6.09 Å². The van der Waals surface area contributed by atoms with Gasteiger partial charge in [0.25, 0.3) is 0 Å². The van der Waals surface area contributed by atoms with Gasteiger partial charge in [-0.05, 0) is 77.4 Å². The van der Waals surface area contributed by atoms with Crippen molar-refractivity contribution in [2.75, 3.05) is 11.9 Å². The van der Waals surface area contributed by atoms with Crippen molar-refractivity contribution in [1.29, 1.82) is 0 Å². The highest BCUT2D eigenvalue weighted by atomic mass is 19.1. The molecule has 8 heteroatoms. The van der Waals surface area contributed by atoms with Gasteiger partial charge in [-0.3, -0.25) is 4.79 Å². The fourth-order valence-electron chi connectivity index (χ4n) is 3.74. The van der Waals surface area contributed by atoms with E-state index in [0.717, 1.165) is 28.2 Å². The second-order valence-corrected chi connectivity index (χ2v) is 9.41. The molecular formula is C27H33FN4O3. The number of para-hydroxylation sites is 1. The van der Waals surface area contributed by atoms with Crippen LogP contribution in [0, 0.1) is 19.7 Å². The standard InChI is InChI=1S/C27H33FN4O3/c1-7-31(26(34)35-27(4,5)6)17-20-10-8-9-11-24(20)29-25(33)16-23-18(2)30-32(19(23)3)22-14-12-21(28)13-15-22/h8-15H,7,16-17H2,1-6H3,(H,29,33). The second kappa shape index (κ2) is 10.7. The van der Waals surface area contributed by atoms with Crippen molar-refractivity contribution in [3.63, 3.8) is 0 Å². The Bertz CT molecular complexity index is 1200. The highest BCUT2D eigenvalue weighted by Crippen LogP contribution is 2.22. The SMILES string of the molecule is CCN(Cc1ccccc1NC(=O)Cc1c(C)nn(-c2ccc(F)cc2)c1C)C(=O)OC(C)(C)C. The van der Waals surface area contributed by atoms with E-state index in [1.165, 1.54) is 12.1 Å². The predicted octanol–water partition coefficient (Wildman–Crippen LogP) is 5.57. The topological polar surface area (TPSA) is 76.5 Å². The molecule has 0 aliphatic heterocycles. The molecule has 2 aromatic carbocycles. The molecule has 1 heterocycles. The van der Waals surface area contributed by atoms with Crippen LogP contribution in [0.25, 0.3) is 5.69 Å².